The number of aromatic nitrogens is 1. The summed E-state index contributed by atoms with van der Waals surface area (Å²) in [5.74, 6) is 0.886. The predicted molar refractivity (Wildman–Crippen MR) is 75.8 cm³/mol. The van der Waals surface area contributed by atoms with E-state index in [-0.39, 0.29) is 0 Å². The van der Waals surface area contributed by atoms with E-state index in [9.17, 15) is 0 Å². The molecule has 3 rings (SSSR count). The van der Waals surface area contributed by atoms with Crippen LogP contribution in [0.2, 0.25) is 5.02 Å². The lowest BCUT2D eigenvalue weighted by Crippen LogP contribution is -2.27. The molecule has 1 aromatic heterocycles. The fourth-order valence-electron chi connectivity index (χ4n) is 2.45. The zero-order valence-corrected chi connectivity index (χ0v) is 11.1. The number of halogens is 1. The van der Waals surface area contributed by atoms with E-state index in [4.69, 9.17) is 11.6 Å². The summed E-state index contributed by atoms with van der Waals surface area (Å²) in [5, 5.41) is 5.35. The first kappa shape index (κ1) is 11.9. The molecule has 94 valence electrons. The lowest BCUT2D eigenvalue weighted by molar-refractivity contribution is 0.301. The average molecular weight is 261 g/mol. The minimum Gasteiger partial charge on any atom is -0.312 e. The molecule has 2 nitrogen and oxygen atoms in total. The summed E-state index contributed by atoms with van der Waals surface area (Å²) < 4.78 is 0. The van der Waals surface area contributed by atoms with Gasteiger partial charge in [-0.15, -0.1) is 0 Å². The second-order valence-corrected chi connectivity index (χ2v) is 5.44. The van der Waals surface area contributed by atoms with Gasteiger partial charge in [-0.3, -0.25) is 4.98 Å². The van der Waals surface area contributed by atoms with E-state index < -0.39 is 0 Å². The van der Waals surface area contributed by atoms with E-state index in [0.29, 0.717) is 0 Å². The molecule has 0 radical (unpaired) electrons. The van der Waals surface area contributed by atoms with Crippen molar-refractivity contribution in [3.8, 4) is 0 Å². The van der Waals surface area contributed by atoms with Gasteiger partial charge in [0.1, 0.15) is 0 Å². The van der Waals surface area contributed by atoms with Crippen molar-refractivity contribution in [1.29, 1.82) is 0 Å². The maximum atomic E-state index is 6.18. The SMILES string of the molecule is Clc1ccc(CNCC2CCC2)c2ncccc12. The van der Waals surface area contributed by atoms with Crippen LogP contribution >= 0.6 is 11.6 Å². The molecule has 1 aliphatic rings. The van der Waals surface area contributed by atoms with Crippen molar-refractivity contribution < 1.29 is 0 Å². The van der Waals surface area contributed by atoms with Crippen LogP contribution in [-0.4, -0.2) is 11.5 Å². The number of nitrogens with one attached hydrogen (secondary N) is 1. The van der Waals surface area contributed by atoms with Crippen LogP contribution < -0.4 is 5.32 Å². The second kappa shape index (κ2) is 5.25. The largest absolute Gasteiger partial charge is 0.312 e. The smallest absolute Gasteiger partial charge is 0.0761 e. The Balaban J connectivity index is 1.76. The van der Waals surface area contributed by atoms with Gasteiger partial charge in [-0.25, -0.2) is 0 Å². The Morgan fingerprint density at radius 3 is 2.94 bits per heavy atom. The van der Waals surface area contributed by atoms with Crippen LogP contribution in [0.15, 0.2) is 30.5 Å². The van der Waals surface area contributed by atoms with E-state index in [0.717, 1.165) is 34.9 Å². The van der Waals surface area contributed by atoms with Crippen molar-refractivity contribution in [2.45, 2.75) is 25.8 Å². The van der Waals surface area contributed by atoms with Crippen molar-refractivity contribution in [2.75, 3.05) is 6.54 Å². The Morgan fingerprint density at radius 2 is 2.17 bits per heavy atom. The number of benzene rings is 1. The zero-order chi connectivity index (χ0) is 12.4. The van der Waals surface area contributed by atoms with E-state index in [1.54, 1.807) is 0 Å². The molecule has 1 saturated carbocycles. The molecule has 2 aromatic rings. The van der Waals surface area contributed by atoms with E-state index in [1.165, 1.54) is 24.8 Å². The average Bonchev–Trinajstić information content (AvgIpc) is 2.35. The normalized spacial score (nSPS) is 15.8. The third-order valence-electron chi connectivity index (χ3n) is 3.77. The number of pyridine rings is 1. The minimum absolute atomic E-state index is 0.779. The highest BCUT2D eigenvalue weighted by atomic mass is 35.5. The lowest BCUT2D eigenvalue weighted by atomic mass is 9.85. The van der Waals surface area contributed by atoms with Crippen LogP contribution in [0.25, 0.3) is 10.9 Å². The number of fused-ring (bicyclic) bond motifs is 1. The molecule has 0 spiro atoms. The fourth-order valence-corrected chi connectivity index (χ4v) is 2.66. The van der Waals surface area contributed by atoms with Gasteiger partial charge in [0, 0.05) is 23.2 Å². The maximum Gasteiger partial charge on any atom is 0.0761 e. The van der Waals surface area contributed by atoms with Crippen molar-refractivity contribution in [2.24, 2.45) is 5.92 Å². The second-order valence-electron chi connectivity index (χ2n) is 5.03. The number of hydrogen-bond donors (Lipinski definition) is 1. The first-order valence-electron chi connectivity index (χ1n) is 6.57. The predicted octanol–water partition coefficient (Wildman–Crippen LogP) is 3.78. The van der Waals surface area contributed by atoms with Crippen LogP contribution in [0, 0.1) is 5.92 Å². The molecule has 18 heavy (non-hydrogen) atoms. The molecule has 1 aromatic carbocycles. The molecular formula is C15H17ClN2. The summed E-state index contributed by atoms with van der Waals surface area (Å²) in [4.78, 5) is 4.45. The number of hydrogen-bond acceptors (Lipinski definition) is 2. The topological polar surface area (TPSA) is 24.9 Å². The monoisotopic (exact) mass is 260 g/mol. The molecule has 1 fully saturated rings. The van der Waals surface area contributed by atoms with Gasteiger partial charge in [0.2, 0.25) is 0 Å². The van der Waals surface area contributed by atoms with E-state index >= 15 is 0 Å². The van der Waals surface area contributed by atoms with Crippen LogP contribution in [0.5, 0.6) is 0 Å². The summed E-state index contributed by atoms with van der Waals surface area (Å²) >= 11 is 6.18. The van der Waals surface area contributed by atoms with Crippen molar-refractivity contribution in [3.05, 3.63) is 41.0 Å². The van der Waals surface area contributed by atoms with Gasteiger partial charge in [-0.2, -0.15) is 0 Å². The summed E-state index contributed by atoms with van der Waals surface area (Å²) in [5.41, 5.74) is 2.25. The number of nitrogens with zero attached hydrogens (tertiary/aromatic N) is 1. The molecule has 0 saturated heterocycles. The lowest BCUT2D eigenvalue weighted by Gasteiger charge is -2.25. The van der Waals surface area contributed by atoms with Gasteiger partial charge >= 0.3 is 0 Å². The summed E-state index contributed by atoms with van der Waals surface area (Å²) in [6.07, 6.45) is 5.99. The Hall–Kier alpha value is -1.12. The molecule has 1 aliphatic carbocycles. The van der Waals surface area contributed by atoms with Gasteiger partial charge in [0.15, 0.2) is 0 Å². The molecule has 1 heterocycles. The summed E-state index contributed by atoms with van der Waals surface area (Å²) in [6, 6.07) is 8.00. The van der Waals surface area contributed by atoms with Crippen molar-refractivity contribution in [1.82, 2.24) is 10.3 Å². The first-order chi connectivity index (χ1) is 8.84. The standard InChI is InChI=1S/C15H17ClN2/c16-14-7-6-12(10-17-9-11-3-1-4-11)15-13(14)5-2-8-18-15/h2,5-8,11,17H,1,3-4,9-10H2. The third-order valence-corrected chi connectivity index (χ3v) is 4.10. The Bertz CT molecular complexity index is 549. The highest BCUT2D eigenvalue weighted by Crippen LogP contribution is 2.26. The van der Waals surface area contributed by atoms with Crippen LogP contribution in [0.1, 0.15) is 24.8 Å². The number of rotatable bonds is 4. The molecule has 0 unspecified atom stereocenters. The van der Waals surface area contributed by atoms with Crippen molar-refractivity contribution >= 4 is 22.5 Å². The highest BCUT2D eigenvalue weighted by Gasteiger charge is 2.16. The van der Waals surface area contributed by atoms with Crippen LogP contribution in [-0.2, 0) is 6.54 Å². The maximum absolute atomic E-state index is 6.18. The molecule has 0 bridgehead atoms. The van der Waals surface area contributed by atoms with Crippen molar-refractivity contribution in [3.63, 3.8) is 0 Å². The van der Waals surface area contributed by atoms with Crippen LogP contribution in [0.3, 0.4) is 0 Å². The van der Waals surface area contributed by atoms with Gasteiger partial charge in [0.25, 0.3) is 0 Å². The molecular weight excluding hydrogens is 244 g/mol. The minimum atomic E-state index is 0.779. The highest BCUT2D eigenvalue weighted by molar-refractivity contribution is 6.35. The molecule has 0 atom stereocenters. The van der Waals surface area contributed by atoms with E-state index in [1.807, 2.05) is 24.4 Å². The fraction of sp³-hybridized carbons (Fsp3) is 0.400. The van der Waals surface area contributed by atoms with Crippen LogP contribution in [0.4, 0.5) is 0 Å². The summed E-state index contributed by atoms with van der Waals surface area (Å²) in [6.45, 7) is 2.00. The third kappa shape index (κ3) is 2.36. The van der Waals surface area contributed by atoms with Gasteiger partial charge < -0.3 is 5.32 Å². The molecule has 3 heteroatoms. The van der Waals surface area contributed by atoms with E-state index in [2.05, 4.69) is 16.4 Å². The van der Waals surface area contributed by atoms with Gasteiger partial charge in [-0.1, -0.05) is 24.1 Å². The zero-order valence-electron chi connectivity index (χ0n) is 10.3. The Morgan fingerprint density at radius 1 is 1.28 bits per heavy atom. The molecule has 0 aliphatic heterocycles. The Kier molecular flexibility index (Phi) is 3.48. The Labute approximate surface area is 112 Å². The van der Waals surface area contributed by atoms with Gasteiger partial charge in [0.05, 0.1) is 5.52 Å². The van der Waals surface area contributed by atoms with Gasteiger partial charge in [-0.05, 0) is 49.1 Å². The molecule has 1 N–H and O–H groups in total. The summed E-state index contributed by atoms with van der Waals surface area (Å²) in [7, 11) is 0. The molecule has 0 amide bonds. The quantitative estimate of drug-likeness (QED) is 0.905. The first-order valence-corrected chi connectivity index (χ1v) is 6.95.